The molecule has 0 amide bonds. The normalized spacial score (nSPS) is 11.7. The SMILES string of the molecule is Nc1c(N=Nc2ccc(S(=O)(=O)CCOS(=O)(=O)[O-])cc2)c(S(=O)(=O)[O-])cc2cc(SOO[O-])cc(O)c12.O=S(=O)([O-])CNc1ccc2c(O)cc(SOO[O-])cc2c1N=Nc1ccc(S(=O)(=O)CCOSOO[O-])cc1.[Na+].[Na+].[Na+].[Na+].[Na+].[Na+]. The summed E-state index contributed by atoms with van der Waals surface area (Å²) in [6, 6.07) is 18.4. The summed E-state index contributed by atoms with van der Waals surface area (Å²) < 4.78 is 171. The predicted molar refractivity (Wildman–Crippen MR) is 255 cm³/mol. The van der Waals surface area contributed by atoms with Crippen molar-refractivity contribution in [1.29, 1.82) is 0 Å². The second-order valence-corrected chi connectivity index (χ2v) is 24.3. The Kier molecular flexibility index (Phi) is 40.9. The first-order valence-electron chi connectivity index (χ1n) is 19.8. The van der Waals surface area contributed by atoms with E-state index >= 15 is 0 Å². The Labute approximate surface area is 617 Å². The molecule has 46 heteroatoms. The molecule has 0 heterocycles. The van der Waals surface area contributed by atoms with Crippen molar-refractivity contribution in [1.82, 2.24) is 0 Å². The minimum absolute atomic E-state index is 0. The first-order valence-corrected chi connectivity index (χ1v) is 29.6. The van der Waals surface area contributed by atoms with Crippen LogP contribution in [0.15, 0.2) is 136 Å². The number of phenolic OH excluding ortho intramolecular Hbond substituents is 2. The van der Waals surface area contributed by atoms with E-state index in [0.717, 1.165) is 36.4 Å². The van der Waals surface area contributed by atoms with Gasteiger partial charge in [0.05, 0.1) is 86.2 Å². The number of aromatic hydroxyl groups is 2. The number of nitrogens with zero attached hydrogens (tertiary/aromatic N) is 4. The van der Waals surface area contributed by atoms with Crippen LogP contribution in [0.2, 0.25) is 0 Å². The number of hydrogen-bond donors (Lipinski definition) is 4. The van der Waals surface area contributed by atoms with E-state index in [1.54, 1.807) is 0 Å². The Morgan fingerprint density at radius 1 is 0.554 bits per heavy atom. The largest absolute Gasteiger partial charge is 1.00 e. The number of nitrogen functional groups attached to an aromatic ring is 1. The maximum atomic E-state index is 12.4. The molecule has 6 rings (SSSR count). The maximum Gasteiger partial charge on any atom is 1.00 e. The molecule has 0 aliphatic rings. The standard InChI is InChI=1S/C19H19N3O13S4.C18H17N3O13S4.6Na/c23-18-10-13(36-34-32-24)9-16-15(18)5-6-17(20-11-39(28,29)30)19(16)22-21-12-1-3-14(4-2-12)38(26,27)8-7-31-37-35-33-25;19-17-16-10(7-12(9-14(16)22)35-34-33-23)8-15(37(26,27)28)18(17)21-20-11-1-3-13(4-2-11)36(24,25)6-5-32-38(29,30)31;;;;;;/h1-6,9-10,20,23-25H,7-8,11H2,(H,28,29,30);1-4,7-9,22-23H,5-6,19H2,(H,26,27,28)(H,29,30,31);;;;;;/q;;6*+1/p-6. The van der Waals surface area contributed by atoms with Gasteiger partial charge in [0.15, 0.2) is 32.0 Å². The van der Waals surface area contributed by atoms with Gasteiger partial charge < -0.3 is 50.7 Å². The van der Waals surface area contributed by atoms with E-state index in [1.807, 2.05) is 0 Å². The van der Waals surface area contributed by atoms with Crippen molar-refractivity contribution < 1.29 is 296 Å². The Morgan fingerprint density at radius 2 is 1.04 bits per heavy atom. The molecule has 0 spiro atoms. The molecule has 0 unspecified atom stereocenters. The number of nitrogens with one attached hydrogen (secondary N) is 1. The minimum atomic E-state index is -5.17. The van der Waals surface area contributed by atoms with Crippen molar-refractivity contribution >= 4 is 142 Å². The predicted octanol–water partition coefficient (Wildman–Crippen LogP) is -15.4. The number of nitrogens with two attached hydrogens (primary N) is 1. The van der Waals surface area contributed by atoms with Crippen LogP contribution in [-0.4, -0.2) is 96.6 Å². The van der Waals surface area contributed by atoms with Gasteiger partial charge in [-0.25, -0.2) is 42.1 Å². The van der Waals surface area contributed by atoms with Crippen LogP contribution >= 0.6 is 36.4 Å². The van der Waals surface area contributed by atoms with E-state index in [2.05, 4.69) is 58.1 Å². The first-order chi connectivity index (χ1) is 36.2. The van der Waals surface area contributed by atoms with E-state index in [-0.39, 0.29) is 266 Å². The van der Waals surface area contributed by atoms with Crippen LogP contribution in [0, 0.1) is 0 Å². The second kappa shape index (κ2) is 39.7. The van der Waals surface area contributed by atoms with E-state index in [9.17, 15) is 81.7 Å². The van der Waals surface area contributed by atoms with Crippen LogP contribution in [0.5, 0.6) is 11.5 Å². The van der Waals surface area contributed by atoms with Crippen molar-refractivity contribution in [2.75, 3.05) is 41.6 Å². The molecule has 0 aromatic heterocycles. The third-order valence-electron chi connectivity index (χ3n) is 9.29. The number of anilines is 2. The molecule has 0 atom stereocenters. The van der Waals surface area contributed by atoms with Crippen molar-refractivity contribution in [2.24, 2.45) is 20.5 Å². The fourth-order valence-electron chi connectivity index (χ4n) is 6.12. The summed E-state index contributed by atoms with van der Waals surface area (Å²) >= 11 is 1.06. The molecular weight excluding hydrogens is 1340 g/mol. The zero-order valence-electron chi connectivity index (χ0n) is 43.5. The average molecular weight is 1370 g/mol. The van der Waals surface area contributed by atoms with Gasteiger partial charge in [0.25, 0.3) is 0 Å². The smallest absolute Gasteiger partial charge is 0.747 e. The minimum Gasteiger partial charge on any atom is -0.747 e. The molecule has 0 saturated heterocycles. The fourth-order valence-corrected chi connectivity index (χ4v) is 10.9. The second-order valence-electron chi connectivity index (χ2n) is 14.2. The fraction of sp³-hybridized carbons (Fsp3) is 0.135. The van der Waals surface area contributed by atoms with Gasteiger partial charge in [-0.2, -0.15) is 18.9 Å². The van der Waals surface area contributed by atoms with Crippen LogP contribution < -0.4 is 204 Å². The zero-order chi connectivity index (χ0) is 56.8. The van der Waals surface area contributed by atoms with Crippen LogP contribution in [0.1, 0.15) is 0 Å². The number of hydrogen-bond acceptors (Lipinski definition) is 35. The monoisotopic (exact) mass is 1370 g/mol. The first kappa shape index (κ1) is 85.5. The number of phenols is 2. The van der Waals surface area contributed by atoms with E-state index in [4.69, 9.17) is 9.92 Å². The van der Waals surface area contributed by atoms with Crippen molar-refractivity contribution in [3.05, 3.63) is 91.0 Å². The summed E-state index contributed by atoms with van der Waals surface area (Å²) in [5, 5.41) is 78.7. The van der Waals surface area contributed by atoms with Crippen molar-refractivity contribution in [3.8, 4) is 11.5 Å². The third kappa shape index (κ3) is 27.5. The van der Waals surface area contributed by atoms with Crippen LogP contribution in [0.25, 0.3) is 21.5 Å². The Bertz CT molecular complexity index is 3740. The van der Waals surface area contributed by atoms with Gasteiger partial charge in [-0.15, -0.1) is 14.6 Å². The van der Waals surface area contributed by atoms with E-state index < -0.39 is 96.3 Å². The third-order valence-corrected chi connectivity index (χ3v) is 16.0. The van der Waals surface area contributed by atoms with Gasteiger partial charge in [-0.1, -0.05) is 0 Å². The van der Waals surface area contributed by atoms with Crippen LogP contribution in [0.3, 0.4) is 0 Å². The Morgan fingerprint density at radius 3 is 1.52 bits per heavy atom. The molecule has 83 heavy (non-hydrogen) atoms. The Balaban J connectivity index is 0. The number of azo groups is 2. The molecule has 0 bridgehead atoms. The Hall–Kier alpha value is 0.480. The molecule has 0 fully saturated rings. The van der Waals surface area contributed by atoms with E-state index in [1.165, 1.54) is 54.6 Å². The molecule has 0 saturated carbocycles. The topological polar surface area (TPSA) is 511 Å². The van der Waals surface area contributed by atoms with Gasteiger partial charge in [-0.05, 0) is 96.4 Å². The zero-order valence-corrected chi connectivity index (χ0v) is 62.1. The quantitative estimate of drug-likeness (QED) is 0.00451. The molecule has 0 aliphatic carbocycles. The molecule has 6 aromatic rings. The molecule has 0 aliphatic heterocycles. The number of benzene rings is 6. The van der Waals surface area contributed by atoms with Crippen molar-refractivity contribution in [3.63, 3.8) is 0 Å². The maximum absolute atomic E-state index is 12.4. The van der Waals surface area contributed by atoms with Crippen molar-refractivity contribution in [2.45, 2.75) is 24.5 Å². The van der Waals surface area contributed by atoms with E-state index in [0.29, 0.717) is 24.1 Å². The summed E-state index contributed by atoms with van der Waals surface area (Å²) in [5.74, 6) is -2.94. The molecule has 32 nitrogen and oxygen atoms in total. The number of fused-ring (bicyclic) bond motifs is 2. The summed E-state index contributed by atoms with van der Waals surface area (Å²) in [5.41, 5.74) is 5.23. The van der Waals surface area contributed by atoms with Gasteiger partial charge in [0.2, 0.25) is 10.4 Å². The van der Waals surface area contributed by atoms with Gasteiger partial charge in [0, 0.05) is 25.9 Å². The summed E-state index contributed by atoms with van der Waals surface area (Å²) in [7, 11) is -22.7. The average Bonchev–Trinajstić information content (AvgIpc) is 3.35. The van der Waals surface area contributed by atoms with Gasteiger partial charge >= 0.3 is 177 Å². The molecular formula is C37H30N6Na6O26S8. The number of rotatable bonds is 26. The van der Waals surface area contributed by atoms with Gasteiger partial charge in [0.1, 0.15) is 49.0 Å². The summed E-state index contributed by atoms with van der Waals surface area (Å²) in [6.45, 7) is -1.19. The van der Waals surface area contributed by atoms with Gasteiger partial charge in [-0.3, -0.25) is 23.5 Å². The number of sulfone groups is 2. The summed E-state index contributed by atoms with van der Waals surface area (Å²) in [6.07, 6.45) is 0. The molecule has 0 radical (unpaired) electrons. The molecule has 418 valence electrons. The van der Waals surface area contributed by atoms with Crippen LogP contribution in [0.4, 0.5) is 34.1 Å². The molecule has 5 N–H and O–H groups in total. The summed E-state index contributed by atoms with van der Waals surface area (Å²) in [4.78, 5) is -0.908. The molecule has 6 aromatic carbocycles. The van der Waals surface area contributed by atoms with Crippen LogP contribution in [-0.2, 0) is 86.8 Å².